The second-order valence-corrected chi connectivity index (χ2v) is 2.39. The maximum atomic E-state index is 10.4. The fourth-order valence-electron chi connectivity index (χ4n) is 0.728. The molecule has 0 rings (SSSR count). The average Bonchev–Trinajstić information content (AvgIpc) is 1.97. The van der Waals surface area contributed by atoms with Crippen LogP contribution < -0.4 is 0 Å². The maximum absolute atomic E-state index is 10.4. The third-order valence-corrected chi connectivity index (χ3v) is 1.51. The molecule has 0 aromatic rings. The molecule has 0 saturated heterocycles. The van der Waals surface area contributed by atoms with Crippen molar-refractivity contribution in [3.05, 3.63) is 0 Å². The van der Waals surface area contributed by atoms with E-state index >= 15 is 0 Å². The summed E-state index contributed by atoms with van der Waals surface area (Å²) in [5, 5.41) is 33.4. The Bertz CT molecular complexity index is 272. The van der Waals surface area contributed by atoms with E-state index in [1.165, 1.54) is 0 Å². The Hall–Kier alpha value is -1.38. The molecule has 0 aliphatic heterocycles. The second-order valence-electron chi connectivity index (χ2n) is 2.39. The average molecular weight is 314 g/mol. The van der Waals surface area contributed by atoms with Crippen LogP contribution >= 0.6 is 0 Å². The van der Waals surface area contributed by atoms with Gasteiger partial charge in [-0.3, -0.25) is 19.2 Å². The molecule has 9 heteroatoms. The van der Waals surface area contributed by atoms with Gasteiger partial charge in [-0.05, 0) is 0 Å². The minimum Gasteiger partial charge on any atom is -0.481 e. The standard InChI is InChI=1S/C6H6O8.Ag/c7-2(8)1-6(3(9)10,4(11)12)5(13)14;/h1H2,(H,7,8)(H,9,10)(H,11,12)(H,13,14);. The molecule has 8 nitrogen and oxygen atoms in total. The van der Waals surface area contributed by atoms with Crippen LogP contribution in [0.15, 0.2) is 0 Å². The monoisotopic (exact) mass is 313 g/mol. The van der Waals surface area contributed by atoms with Gasteiger partial charge in [0, 0.05) is 22.4 Å². The van der Waals surface area contributed by atoms with Crippen molar-refractivity contribution in [3.63, 3.8) is 0 Å². The molecule has 0 bridgehead atoms. The van der Waals surface area contributed by atoms with Gasteiger partial charge in [0.15, 0.2) is 0 Å². The number of rotatable bonds is 5. The molecule has 0 amide bonds. The summed E-state index contributed by atoms with van der Waals surface area (Å²) in [7, 11) is 0. The molecule has 1 radical (unpaired) electrons. The van der Waals surface area contributed by atoms with Gasteiger partial charge in [0.2, 0.25) is 0 Å². The fraction of sp³-hybridized carbons (Fsp3) is 0.333. The van der Waals surface area contributed by atoms with Crippen molar-refractivity contribution >= 4 is 23.9 Å². The molecule has 0 atom stereocenters. The van der Waals surface area contributed by atoms with Crippen molar-refractivity contribution in [1.82, 2.24) is 0 Å². The van der Waals surface area contributed by atoms with Crippen LogP contribution in [0.2, 0.25) is 0 Å². The number of carbonyl (C=O) groups is 4. The minimum atomic E-state index is -3.33. The van der Waals surface area contributed by atoms with Gasteiger partial charge in [0.05, 0.1) is 6.42 Å². The van der Waals surface area contributed by atoms with E-state index in [1.54, 1.807) is 0 Å². The Morgan fingerprint density at radius 3 is 1.13 bits per heavy atom. The first-order valence-electron chi connectivity index (χ1n) is 3.17. The number of hydrogen-bond donors (Lipinski definition) is 4. The van der Waals surface area contributed by atoms with E-state index < -0.39 is 35.7 Å². The van der Waals surface area contributed by atoms with Gasteiger partial charge >= 0.3 is 23.9 Å². The summed E-state index contributed by atoms with van der Waals surface area (Å²) < 4.78 is 0. The van der Waals surface area contributed by atoms with Crippen LogP contribution in [0.5, 0.6) is 0 Å². The molecule has 0 aliphatic rings. The summed E-state index contributed by atoms with van der Waals surface area (Å²) >= 11 is 0. The smallest absolute Gasteiger partial charge is 0.333 e. The van der Waals surface area contributed by atoms with E-state index in [9.17, 15) is 19.2 Å². The molecule has 0 aromatic carbocycles. The van der Waals surface area contributed by atoms with E-state index in [-0.39, 0.29) is 22.4 Å². The zero-order valence-corrected chi connectivity index (χ0v) is 8.41. The van der Waals surface area contributed by atoms with Crippen LogP contribution in [0.4, 0.5) is 0 Å². The largest absolute Gasteiger partial charge is 0.481 e. The molecule has 0 unspecified atom stereocenters. The van der Waals surface area contributed by atoms with Crippen LogP contribution in [0.1, 0.15) is 6.42 Å². The van der Waals surface area contributed by atoms with Crippen molar-refractivity contribution in [3.8, 4) is 0 Å². The number of carboxylic acids is 4. The van der Waals surface area contributed by atoms with Crippen molar-refractivity contribution in [2.45, 2.75) is 6.42 Å². The van der Waals surface area contributed by atoms with Crippen LogP contribution in [-0.2, 0) is 41.6 Å². The summed E-state index contributed by atoms with van der Waals surface area (Å²) in [5.74, 6) is -8.49. The van der Waals surface area contributed by atoms with Gasteiger partial charge in [-0.25, -0.2) is 0 Å². The Labute approximate surface area is 98.0 Å². The number of carboxylic acid groups (broad SMARTS) is 4. The van der Waals surface area contributed by atoms with Gasteiger partial charge in [-0.15, -0.1) is 0 Å². The second kappa shape index (κ2) is 5.49. The van der Waals surface area contributed by atoms with Crippen LogP contribution in [0, 0.1) is 5.41 Å². The molecule has 0 fully saturated rings. The zero-order chi connectivity index (χ0) is 11.5. The van der Waals surface area contributed by atoms with Crippen LogP contribution in [-0.4, -0.2) is 44.3 Å². The first kappa shape index (κ1) is 16.1. The van der Waals surface area contributed by atoms with E-state index in [0.717, 1.165) is 0 Å². The van der Waals surface area contributed by atoms with Crippen molar-refractivity contribution in [2.75, 3.05) is 0 Å². The molecular weight excluding hydrogens is 308 g/mol. The molecule has 0 spiro atoms. The van der Waals surface area contributed by atoms with E-state index in [1.807, 2.05) is 0 Å². The minimum absolute atomic E-state index is 0. The van der Waals surface area contributed by atoms with Crippen molar-refractivity contribution < 1.29 is 62.0 Å². The van der Waals surface area contributed by atoms with E-state index in [0.29, 0.717) is 0 Å². The van der Waals surface area contributed by atoms with Gasteiger partial charge in [-0.2, -0.15) is 0 Å². The summed E-state index contributed by atoms with van der Waals surface area (Å²) in [6, 6.07) is 0. The summed E-state index contributed by atoms with van der Waals surface area (Å²) in [6.07, 6.45) is -1.52. The predicted octanol–water partition coefficient (Wildman–Crippen LogP) is -1.30. The van der Waals surface area contributed by atoms with E-state index in [4.69, 9.17) is 20.4 Å². The Morgan fingerprint density at radius 2 is 1.07 bits per heavy atom. The third kappa shape index (κ3) is 3.05. The normalized spacial score (nSPS) is 9.87. The molecule has 0 heterocycles. The quantitative estimate of drug-likeness (QED) is 0.361. The number of hydrogen-bond acceptors (Lipinski definition) is 4. The Balaban J connectivity index is 0. The van der Waals surface area contributed by atoms with Gasteiger partial charge < -0.3 is 20.4 Å². The van der Waals surface area contributed by atoms with Crippen molar-refractivity contribution in [2.24, 2.45) is 5.41 Å². The molecule has 0 aromatic heterocycles. The van der Waals surface area contributed by atoms with Gasteiger partial charge in [-0.1, -0.05) is 0 Å². The first-order valence-corrected chi connectivity index (χ1v) is 3.17. The molecule has 89 valence electrons. The fourth-order valence-corrected chi connectivity index (χ4v) is 0.728. The van der Waals surface area contributed by atoms with Crippen LogP contribution in [0.3, 0.4) is 0 Å². The molecule has 4 N–H and O–H groups in total. The van der Waals surface area contributed by atoms with E-state index in [2.05, 4.69) is 0 Å². The van der Waals surface area contributed by atoms with Crippen molar-refractivity contribution in [1.29, 1.82) is 0 Å². The summed E-state index contributed by atoms with van der Waals surface area (Å²) in [4.78, 5) is 41.4. The molecule has 0 saturated carbocycles. The SMILES string of the molecule is O=C(O)CC(C(=O)O)(C(=O)O)C(=O)O.[Ag]. The molecule has 15 heavy (non-hydrogen) atoms. The first-order chi connectivity index (χ1) is 6.25. The van der Waals surface area contributed by atoms with Gasteiger partial charge in [0.25, 0.3) is 5.41 Å². The summed E-state index contributed by atoms with van der Waals surface area (Å²) in [5.41, 5.74) is -3.33. The summed E-state index contributed by atoms with van der Waals surface area (Å²) in [6.45, 7) is 0. The van der Waals surface area contributed by atoms with Gasteiger partial charge in [0.1, 0.15) is 0 Å². The van der Waals surface area contributed by atoms with Crippen LogP contribution in [0.25, 0.3) is 0 Å². The molecular formula is C6H6AgO8. The zero-order valence-electron chi connectivity index (χ0n) is 6.93. The Kier molecular flexibility index (Phi) is 5.88. The third-order valence-electron chi connectivity index (χ3n) is 1.51. The topological polar surface area (TPSA) is 149 Å². The number of aliphatic carboxylic acids is 4. The maximum Gasteiger partial charge on any atom is 0.333 e. The molecule has 0 aliphatic carbocycles. The Morgan fingerprint density at radius 1 is 0.800 bits per heavy atom. The predicted molar refractivity (Wildman–Crippen MR) is 37.6 cm³/mol.